The van der Waals surface area contributed by atoms with Crippen molar-refractivity contribution >= 4 is 17.3 Å². The first-order chi connectivity index (χ1) is 8.22. The topological polar surface area (TPSA) is 33.3 Å². The summed E-state index contributed by atoms with van der Waals surface area (Å²) in [6.45, 7) is 7.81. The van der Waals surface area contributed by atoms with E-state index < -0.39 is 0 Å². The Bertz CT molecular complexity index is 229. The molecule has 0 unspecified atom stereocenters. The fourth-order valence-electron chi connectivity index (χ4n) is 2.07. The van der Waals surface area contributed by atoms with Gasteiger partial charge in [-0.25, -0.2) is 0 Å². The summed E-state index contributed by atoms with van der Waals surface area (Å²) in [5, 5.41) is 7.36. The van der Waals surface area contributed by atoms with Crippen molar-refractivity contribution in [2.45, 2.75) is 46.0 Å². The van der Waals surface area contributed by atoms with Crippen LogP contribution in [0.4, 0.5) is 0 Å². The Morgan fingerprint density at radius 3 is 2.65 bits per heavy atom. The molecule has 1 aliphatic carbocycles. The van der Waals surface area contributed by atoms with E-state index in [9.17, 15) is 0 Å². The Labute approximate surface area is 111 Å². The number of rotatable bonds is 9. The third-order valence-corrected chi connectivity index (χ3v) is 3.61. The monoisotopic (exact) mass is 258 g/mol. The van der Waals surface area contributed by atoms with Crippen molar-refractivity contribution in [1.29, 1.82) is 0 Å². The SMILES string of the molecule is CCCC1(CNC(=S)NCCCOCC)CC1. The molecule has 0 amide bonds. The minimum Gasteiger partial charge on any atom is -0.382 e. The molecule has 1 fully saturated rings. The average molecular weight is 258 g/mol. The lowest BCUT2D eigenvalue weighted by Gasteiger charge is -2.17. The van der Waals surface area contributed by atoms with Crippen molar-refractivity contribution in [3.8, 4) is 0 Å². The smallest absolute Gasteiger partial charge is 0.166 e. The maximum absolute atomic E-state index is 5.27. The van der Waals surface area contributed by atoms with Gasteiger partial charge in [-0.1, -0.05) is 13.3 Å². The van der Waals surface area contributed by atoms with Crippen LogP contribution in [-0.2, 0) is 4.74 Å². The molecule has 0 radical (unpaired) electrons. The van der Waals surface area contributed by atoms with Crippen LogP contribution in [0.15, 0.2) is 0 Å². The first-order valence-electron chi connectivity index (χ1n) is 6.82. The van der Waals surface area contributed by atoms with Gasteiger partial charge in [-0.05, 0) is 50.2 Å². The van der Waals surface area contributed by atoms with Crippen LogP contribution in [0.2, 0.25) is 0 Å². The highest BCUT2D eigenvalue weighted by atomic mass is 32.1. The molecule has 17 heavy (non-hydrogen) atoms. The predicted molar refractivity (Wildman–Crippen MR) is 76.3 cm³/mol. The summed E-state index contributed by atoms with van der Waals surface area (Å²) in [5.41, 5.74) is 0.561. The highest BCUT2D eigenvalue weighted by molar-refractivity contribution is 7.80. The van der Waals surface area contributed by atoms with Crippen LogP contribution in [0.5, 0.6) is 0 Å². The van der Waals surface area contributed by atoms with Crippen molar-refractivity contribution in [2.24, 2.45) is 5.41 Å². The fourth-order valence-corrected chi connectivity index (χ4v) is 2.25. The van der Waals surface area contributed by atoms with Crippen LogP contribution in [0, 0.1) is 5.41 Å². The standard InChI is InChI=1S/C13H26N2OS/c1-3-6-13(7-8-13)11-15-12(17)14-9-5-10-16-4-2/h3-11H2,1-2H3,(H2,14,15,17). The van der Waals surface area contributed by atoms with Crippen LogP contribution in [0.1, 0.15) is 46.0 Å². The molecule has 0 heterocycles. The van der Waals surface area contributed by atoms with Gasteiger partial charge in [-0.15, -0.1) is 0 Å². The molecule has 2 N–H and O–H groups in total. The molecule has 0 aliphatic heterocycles. The van der Waals surface area contributed by atoms with E-state index in [1.54, 1.807) is 0 Å². The van der Waals surface area contributed by atoms with E-state index in [4.69, 9.17) is 17.0 Å². The van der Waals surface area contributed by atoms with Crippen LogP contribution in [0.3, 0.4) is 0 Å². The Balaban J connectivity index is 1.98. The van der Waals surface area contributed by atoms with Gasteiger partial charge < -0.3 is 15.4 Å². The van der Waals surface area contributed by atoms with Crippen LogP contribution in [-0.4, -0.2) is 31.4 Å². The molecule has 1 aliphatic rings. The van der Waals surface area contributed by atoms with Gasteiger partial charge in [0.15, 0.2) is 5.11 Å². The second-order valence-electron chi connectivity index (χ2n) is 4.91. The van der Waals surface area contributed by atoms with E-state index in [0.717, 1.165) is 37.8 Å². The highest BCUT2D eigenvalue weighted by Gasteiger charge is 2.41. The minimum absolute atomic E-state index is 0.561. The van der Waals surface area contributed by atoms with Gasteiger partial charge in [0, 0.05) is 26.3 Å². The molecule has 100 valence electrons. The number of hydrogen-bond donors (Lipinski definition) is 2. The van der Waals surface area contributed by atoms with E-state index in [1.807, 2.05) is 6.92 Å². The fraction of sp³-hybridized carbons (Fsp3) is 0.923. The van der Waals surface area contributed by atoms with Gasteiger partial charge in [0.2, 0.25) is 0 Å². The molecular formula is C13H26N2OS. The summed E-state index contributed by atoms with van der Waals surface area (Å²) < 4.78 is 5.27. The summed E-state index contributed by atoms with van der Waals surface area (Å²) in [6.07, 6.45) is 6.33. The van der Waals surface area contributed by atoms with Gasteiger partial charge in [0.1, 0.15) is 0 Å². The maximum Gasteiger partial charge on any atom is 0.166 e. The molecule has 0 aromatic carbocycles. The van der Waals surface area contributed by atoms with Gasteiger partial charge in [-0.2, -0.15) is 0 Å². The Morgan fingerprint density at radius 1 is 1.29 bits per heavy atom. The Hall–Kier alpha value is -0.350. The average Bonchev–Trinajstić information content (AvgIpc) is 3.07. The maximum atomic E-state index is 5.27. The Kier molecular flexibility index (Phi) is 6.82. The van der Waals surface area contributed by atoms with E-state index in [-0.39, 0.29) is 0 Å². The summed E-state index contributed by atoms with van der Waals surface area (Å²) in [5.74, 6) is 0. The summed E-state index contributed by atoms with van der Waals surface area (Å²) >= 11 is 5.25. The van der Waals surface area contributed by atoms with Crippen LogP contribution in [0.25, 0.3) is 0 Å². The number of ether oxygens (including phenoxy) is 1. The first kappa shape index (κ1) is 14.7. The van der Waals surface area contributed by atoms with Crippen molar-refractivity contribution in [2.75, 3.05) is 26.3 Å². The number of nitrogens with one attached hydrogen (secondary N) is 2. The summed E-state index contributed by atoms with van der Waals surface area (Å²) in [4.78, 5) is 0. The predicted octanol–water partition coefficient (Wildman–Crippen LogP) is 2.46. The summed E-state index contributed by atoms with van der Waals surface area (Å²) in [7, 11) is 0. The van der Waals surface area contributed by atoms with E-state index in [0.29, 0.717) is 5.41 Å². The molecule has 1 saturated carbocycles. The number of hydrogen-bond acceptors (Lipinski definition) is 2. The van der Waals surface area contributed by atoms with Crippen molar-refractivity contribution in [1.82, 2.24) is 10.6 Å². The second-order valence-corrected chi connectivity index (χ2v) is 5.32. The lowest BCUT2D eigenvalue weighted by atomic mass is 10.0. The van der Waals surface area contributed by atoms with Gasteiger partial charge in [-0.3, -0.25) is 0 Å². The van der Waals surface area contributed by atoms with Gasteiger partial charge >= 0.3 is 0 Å². The van der Waals surface area contributed by atoms with Crippen molar-refractivity contribution in [3.05, 3.63) is 0 Å². The van der Waals surface area contributed by atoms with E-state index in [2.05, 4.69) is 17.6 Å². The normalized spacial score (nSPS) is 16.6. The minimum atomic E-state index is 0.561. The third-order valence-electron chi connectivity index (χ3n) is 3.32. The zero-order chi connectivity index (χ0) is 12.6. The molecule has 0 aromatic rings. The van der Waals surface area contributed by atoms with E-state index >= 15 is 0 Å². The molecule has 4 heteroatoms. The second kappa shape index (κ2) is 7.88. The van der Waals surface area contributed by atoms with Crippen molar-refractivity contribution in [3.63, 3.8) is 0 Å². The molecule has 0 spiro atoms. The third kappa shape index (κ3) is 6.22. The zero-order valence-corrected chi connectivity index (χ0v) is 12.0. The molecule has 0 saturated heterocycles. The first-order valence-corrected chi connectivity index (χ1v) is 7.23. The van der Waals surface area contributed by atoms with Crippen LogP contribution >= 0.6 is 12.2 Å². The molecule has 3 nitrogen and oxygen atoms in total. The molecule has 0 aromatic heterocycles. The lowest BCUT2D eigenvalue weighted by molar-refractivity contribution is 0.145. The Morgan fingerprint density at radius 2 is 2.06 bits per heavy atom. The molecule has 1 rings (SSSR count). The molecule has 0 atom stereocenters. The molecule has 0 bridgehead atoms. The largest absolute Gasteiger partial charge is 0.382 e. The lowest BCUT2D eigenvalue weighted by Crippen LogP contribution is -2.39. The number of thiocarbonyl (C=S) groups is 1. The zero-order valence-electron chi connectivity index (χ0n) is 11.2. The van der Waals surface area contributed by atoms with Gasteiger partial charge in [0.05, 0.1) is 0 Å². The van der Waals surface area contributed by atoms with Crippen molar-refractivity contribution < 1.29 is 4.74 Å². The highest BCUT2D eigenvalue weighted by Crippen LogP contribution is 2.48. The quantitative estimate of drug-likeness (QED) is 0.492. The molecular weight excluding hydrogens is 232 g/mol. The van der Waals surface area contributed by atoms with Crippen LogP contribution < -0.4 is 10.6 Å². The van der Waals surface area contributed by atoms with E-state index in [1.165, 1.54) is 25.7 Å². The van der Waals surface area contributed by atoms with Gasteiger partial charge in [0.25, 0.3) is 0 Å². The summed E-state index contributed by atoms with van der Waals surface area (Å²) in [6, 6.07) is 0.